The smallest absolute Gasteiger partial charge is 0.290 e. The van der Waals surface area contributed by atoms with Crippen LogP contribution in [0.1, 0.15) is 16.1 Å². The lowest BCUT2D eigenvalue weighted by molar-refractivity contribution is 0.100. The molecule has 0 spiro atoms. The van der Waals surface area contributed by atoms with Crippen LogP contribution >= 0.6 is 11.3 Å². The largest absolute Gasteiger partial charge is 0.306 e. The van der Waals surface area contributed by atoms with E-state index in [1.165, 1.54) is 17.7 Å². The summed E-state index contributed by atoms with van der Waals surface area (Å²) in [6.07, 6.45) is 4.79. The average molecular weight is 401 g/mol. The fourth-order valence-corrected chi connectivity index (χ4v) is 4.11. The Kier molecular flexibility index (Phi) is 3.99. The van der Waals surface area contributed by atoms with E-state index in [1.54, 1.807) is 10.6 Å². The molecule has 0 saturated carbocycles. The Bertz CT molecular complexity index is 1430. The molecule has 0 atom stereocenters. The number of carbonyl (C=O) groups is 1. The molecular formula is C21H15N5O2S. The molecule has 0 radical (unpaired) electrons. The summed E-state index contributed by atoms with van der Waals surface area (Å²) < 4.78 is 2.87. The van der Waals surface area contributed by atoms with Crippen molar-refractivity contribution in [3.8, 4) is 11.1 Å². The highest BCUT2D eigenvalue weighted by atomic mass is 32.1. The third kappa shape index (κ3) is 2.99. The number of rotatable bonds is 3. The second-order valence-electron chi connectivity index (χ2n) is 6.65. The maximum Gasteiger partial charge on any atom is 0.290 e. The first kappa shape index (κ1) is 17.3. The van der Waals surface area contributed by atoms with Gasteiger partial charge in [-0.2, -0.15) is 0 Å². The molecule has 5 rings (SSSR count). The average Bonchev–Trinajstić information content (AvgIpc) is 3.35. The number of hydrogen-bond donors (Lipinski definition) is 1. The number of amides is 1. The Balaban J connectivity index is 1.54. The lowest BCUT2D eigenvalue weighted by Crippen LogP contribution is -2.33. The lowest BCUT2D eigenvalue weighted by Gasteiger charge is -2.06. The fourth-order valence-electron chi connectivity index (χ4n) is 3.20. The number of aryl methyl sites for hydroxylation is 1. The molecule has 7 nitrogen and oxygen atoms in total. The Labute approximate surface area is 168 Å². The Morgan fingerprint density at radius 2 is 2.00 bits per heavy atom. The number of carbonyl (C=O) groups excluding carboxylic acids is 1. The van der Waals surface area contributed by atoms with Gasteiger partial charge in [0.05, 0.1) is 5.39 Å². The number of imidazole rings is 1. The molecule has 4 heterocycles. The van der Waals surface area contributed by atoms with Crippen LogP contribution < -0.4 is 11.0 Å². The number of hydrogen-bond acceptors (Lipinski definition) is 5. The van der Waals surface area contributed by atoms with Crippen LogP contribution in [-0.4, -0.2) is 25.0 Å². The highest BCUT2D eigenvalue weighted by Gasteiger charge is 2.16. The van der Waals surface area contributed by atoms with Gasteiger partial charge >= 0.3 is 0 Å². The Morgan fingerprint density at radius 1 is 1.17 bits per heavy atom. The fraction of sp³-hybridized carbons (Fsp3) is 0.0476. The summed E-state index contributed by atoms with van der Waals surface area (Å²) in [7, 11) is 0. The molecule has 0 saturated heterocycles. The van der Waals surface area contributed by atoms with E-state index in [4.69, 9.17) is 0 Å². The molecule has 4 aromatic heterocycles. The van der Waals surface area contributed by atoms with E-state index in [1.807, 2.05) is 61.0 Å². The molecule has 29 heavy (non-hydrogen) atoms. The van der Waals surface area contributed by atoms with Gasteiger partial charge in [-0.25, -0.2) is 14.6 Å². The van der Waals surface area contributed by atoms with Gasteiger partial charge in [-0.3, -0.25) is 15.0 Å². The van der Waals surface area contributed by atoms with E-state index >= 15 is 0 Å². The Hall–Kier alpha value is -3.78. The molecule has 1 amide bonds. The monoisotopic (exact) mass is 401 g/mol. The van der Waals surface area contributed by atoms with Gasteiger partial charge in [0.1, 0.15) is 22.5 Å². The molecule has 0 fully saturated rings. The molecule has 0 aliphatic carbocycles. The molecule has 142 valence electrons. The van der Waals surface area contributed by atoms with E-state index in [0.29, 0.717) is 15.9 Å². The van der Waals surface area contributed by atoms with Gasteiger partial charge in [0.25, 0.3) is 11.5 Å². The molecular weight excluding hydrogens is 386 g/mol. The molecule has 5 aromatic rings. The van der Waals surface area contributed by atoms with Crippen LogP contribution in [0.15, 0.2) is 71.4 Å². The molecule has 0 bridgehead atoms. The normalized spacial score (nSPS) is 11.2. The van der Waals surface area contributed by atoms with Gasteiger partial charge < -0.3 is 4.40 Å². The summed E-state index contributed by atoms with van der Waals surface area (Å²) >= 11 is 1.40. The van der Waals surface area contributed by atoms with Crippen LogP contribution in [0.4, 0.5) is 0 Å². The van der Waals surface area contributed by atoms with Crippen molar-refractivity contribution in [3.05, 3.63) is 88.2 Å². The van der Waals surface area contributed by atoms with E-state index in [9.17, 15) is 9.59 Å². The van der Waals surface area contributed by atoms with Crippen molar-refractivity contribution in [1.29, 1.82) is 0 Å². The van der Waals surface area contributed by atoms with Crippen molar-refractivity contribution in [2.75, 3.05) is 5.43 Å². The van der Waals surface area contributed by atoms with Gasteiger partial charge in [-0.15, -0.1) is 11.3 Å². The van der Waals surface area contributed by atoms with Crippen molar-refractivity contribution in [2.24, 2.45) is 0 Å². The first-order valence-corrected chi connectivity index (χ1v) is 9.79. The van der Waals surface area contributed by atoms with Gasteiger partial charge in [0.15, 0.2) is 0 Å². The quantitative estimate of drug-likeness (QED) is 0.502. The van der Waals surface area contributed by atoms with Crippen LogP contribution in [0.3, 0.4) is 0 Å². The summed E-state index contributed by atoms with van der Waals surface area (Å²) in [5.74, 6) is -0.480. The zero-order valence-electron chi connectivity index (χ0n) is 15.4. The van der Waals surface area contributed by atoms with Crippen molar-refractivity contribution in [2.45, 2.75) is 6.92 Å². The second kappa shape index (κ2) is 6.68. The predicted molar refractivity (Wildman–Crippen MR) is 113 cm³/mol. The van der Waals surface area contributed by atoms with Gasteiger partial charge in [0.2, 0.25) is 0 Å². The zero-order chi connectivity index (χ0) is 20.0. The van der Waals surface area contributed by atoms with E-state index in [-0.39, 0.29) is 11.3 Å². The molecule has 1 N–H and O–H groups in total. The van der Waals surface area contributed by atoms with E-state index in [0.717, 1.165) is 21.4 Å². The standard InChI is InChI=1S/C21H15N5O2S/c1-13-7-8-25-10-16(23-17(25)9-13)19(27)24-26-12-22-20-18(21(26)28)15(11-29-20)14-5-3-2-4-6-14/h2-12H,1H3,(H,24,27). The minimum atomic E-state index is -0.480. The summed E-state index contributed by atoms with van der Waals surface area (Å²) in [5.41, 5.74) is 5.93. The van der Waals surface area contributed by atoms with E-state index in [2.05, 4.69) is 15.4 Å². The van der Waals surface area contributed by atoms with Crippen LogP contribution in [0.25, 0.3) is 27.0 Å². The maximum absolute atomic E-state index is 13.1. The third-order valence-electron chi connectivity index (χ3n) is 4.65. The summed E-state index contributed by atoms with van der Waals surface area (Å²) in [5, 5.41) is 2.39. The first-order valence-electron chi connectivity index (χ1n) is 8.91. The number of nitrogens with zero attached hydrogens (tertiary/aromatic N) is 4. The SMILES string of the molecule is Cc1ccn2cc(C(=O)Nn3cnc4scc(-c5ccccc5)c4c3=O)nc2c1. The molecule has 1 aromatic carbocycles. The summed E-state index contributed by atoms with van der Waals surface area (Å²) in [6, 6.07) is 13.5. The number of thiophene rings is 1. The Morgan fingerprint density at radius 3 is 2.83 bits per heavy atom. The van der Waals surface area contributed by atoms with Gasteiger partial charge in [-0.05, 0) is 30.2 Å². The number of aromatic nitrogens is 4. The topological polar surface area (TPSA) is 81.3 Å². The van der Waals surface area contributed by atoms with Crippen molar-refractivity contribution >= 4 is 33.1 Å². The molecule has 0 aliphatic rings. The van der Waals surface area contributed by atoms with Gasteiger partial charge in [-0.1, -0.05) is 30.3 Å². The minimum Gasteiger partial charge on any atom is -0.306 e. The second-order valence-corrected chi connectivity index (χ2v) is 7.51. The molecule has 0 aliphatic heterocycles. The van der Waals surface area contributed by atoms with Crippen molar-refractivity contribution < 1.29 is 4.79 Å². The summed E-state index contributed by atoms with van der Waals surface area (Å²) in [6.45, 7) is 1.96. The number of pyridine rings is 1. The van der Waals surface area contributed by atoms with Crippen LogP contribution in [0, 0.1) is 6.92 Å². The zero-order valence-corrected chi connectivity index (χ0v) is 16.2. The lowest BCUT2D eigenvalue weighted by atomic mass is 10.1. The molecule has 0 unspecified atom stereocenters. The third-order valence-corrected chi connectivity index (χ3v) is 5.54. The highest BCUT2D eigenvalue weighted by molar-refractivity contribution is 7.17. The number of benzene rings is 1. The highest BCUT2D eigenvalue weighted by Crippen LogP contribution is 2.30. The first-order chi connectivity index (χ1) is 14.1. The maximum atomic E-state index is 13.1. The van der Waals surface area contributed by atoms with Crippen LogP contribution in [0.5, 0.6) is 0 Å². The van der Waals surface area contributed by atoms with Crippen LogP contribution in [-0.2, 0) is 0 Å². The number of nitrogens with one attached hydrogen (secondary N) is 1. The summed E-state index contributed by atoms with van der Waals surface area (Å²) in [4.78, 5) is 35.0. The number of fused-ring (bicyclic) bond motifs is 2. The minimum absolute atomic E-state index is 0.219. The van der Waals surface area contributed by atoms with Crippen molar-refractivity contribution in [1.82, 2.24) is 19.0 Å². The predicted octanol–water partition coefficient (Wildman–Crippen LogP) is 3.47. The molecule has 8 heteroatoms. The van der Waals surface area contributed by atoms with Gasteiger partial charge in [0, 0.05) is 23.3 Å². The van der Waals surface area contributed by atoms with Crippen molar-refractivity contribution in [3.63, 3.8) is 0 Å². The van der Waals surface area contributed by atoms with E-state index < -0.39 is 5.91 Å². The van der Waals surface area contributed by atoms with Crippen LogP contribution in [0.2, 0.25) is 0 Å².